The molecule has 3 atom stereocenters. The molecule has 0 aromatic heterocycles. The normalized spacial score (nSPS) is 30.9. The molecule has 1 fully saturated rings. The smallest absolute Gasteiger partial charge is 0.243 e. The number of nitrogens with one attached hydrogen (secondary N) is 1. The monoisotopic (exact) mass is 324 g/mol. The maximum Gasteiger partial charge on any atom is 0.243 e. The highest BCUT2D eigenvalue weighted by Gasteiger charge is 2.45. The third-order valence-corrected chi connectivity index (χ3v) is 4.73. The molecule has 0 heterocycles. The zero-order valence-electron chi connectivity index (χ0n) is 11.4. The van der Waals surface area contributed by atoms with Gasteiger partial charge in [-0.2, -0.15) is 0 Å². The van der Waals surface area contributed by atoms with Gasteiger partial charge in [0.15, 0.2) is 0 Å². The summed E-state index contributed by atoms with van der Waals surface area (Å²) >= 11 is 3.45. The van der Waals surface area contributed by atoms with E-state index in [2.05, 4.69) is 35.1 Å². The molecule has 1 saturated carbocycles. The number of nitrogens with two attached hydrogens (primary N) is 1. The van der Waals surface area contributed by atoms with Gasteiger partial charge in [-0.15, -0.1) is 0 Å². The van der Waals surface area contributed by atoms with Crippen LogP contribution in [0.4, 0.5) is 5.69 Å². The Morgan fingerprint density at radius 3 is 2.79 bits per heavy atom. The van der Waals surface area contributed by atoms with Crippen LogP contribution in [0.1, 0.15) is 33.1 Å². The molecule has 3 unspecified atom stereocenters. The standard InChI is InChI=1S/C15H21BrN2O/c1-10-6-7-11(2)15(9-10,14(17)19)18-13-5-3-4-12(16)8-13/h3-5,8,10-11,18H,6-7,9H2,1-2H3,(H2,17,19). The highest BCUT2D eigenvalue weighted by Crippen LogP contribution is 2.39. The SMILES string of the molecule is CC1CCC(C)C(Nc2cccc(Br)c2)(C(N)=O)C1. The first kappa shape index (κ1) is 14.4. The Hall–Kier alpha value is -1.03. The molecule has 1 aliphatic rings. The molecule has 3 N–H and O–H groups in total. The molecule has 1 aromatic carbocycles. The van der Waals surface area contributed by atoms with Gasteiger partial charge in [-0.25, -0.2) is 0 Å². The van der Waals surface area contributed by atoms with Crippen molar-refractivity contribution in [2.24, 2.45) is 17.6 Å². The van der Waals surface area contributed by atoms with Crippen LogP contribution in [0.5, 0.6) is 0 Å². The summed E-state index contributed by atoms with van der Waals surface area (Å²) in [4.78, 5) is 12.1. The van der Waals surface area contributed by atoms with Crippen molar-refractivity contribution in [3.63, 3.8) is 0 Å². The molecule has 0 aliphatic heterocycles. The molecule has 19 heavy (non-hydrogen) atoms. The molecule has 4 heteroatoms. The van der Waals surface area contributed by atoms with Crippen LogP contribution in [-0.4, -0.2) is 11.4 Å². The molecule has 0 spiro atoms. The Labute approximate surface area is 123 Å². The van der Waals surface area contributed by atoms with Gasteiger partial charge in [0, 0.05) is 10.2 Å². The minimum atomic E-state index is -0.627. The summed E-state index contributed by atoms with van der Waals surface area (Å²) in [5.41, 5.74) is 6.04. The van der Waals surface area contributed by atoms with Crippen LogP contribution < -0.4 is 11.1 Å². The molecular formula is C15H21BrN2O. The summed E-state index contributed by atoms with van der Waals surface area (Å²) in [5, 5.41) is 3.41. The number of hydrogen-bond acceptors (Lipinski definition) is 2. The van der Waals surface area contributed by atoms with Crippen molar-refractivity contribution in [3.8, 4) is 0 Å². The molecule has 1 amide bonds. The predicted octanol–water partition coefficient (Wildman–Crippen LogP) is 3.54. The lowest BCUT2D eigenvalue weighted by atomic mass is 9.69. The highest BCUT2D eigenvalue weighted by atomic mass is 79.9. The number of amides is 1. The minimum Gasteiger partial charge on any atom is -0.371 e. The van der Waals surface area contributed by atoms with Crippen LogP contribution in [0, 0.1) is 11.8 Å². The van der Waals surface area contributed by atoms with Crippen LogP contribution in [0.25, 0.3) is 0 Å². The molecule has 1 aromatic rings. The second-order valence-electron chi connectivity index (χ2n) is 5.76. The van der Waals surface area contributed by atoms with E-state index in [0.29, 0.717) is 5.92 Å². The number of hydrogen-bond donors (Lipinski definition) is 2. The molecular weight excluding hydrogens is 304 g/mol. The van der Waals surface area contributed by atoms with Gasteiger partial charge in [0.1, 0.15) is 5.54 Å². The first-order valence-corrected chi connectivity index (χ1v) is 7.57. The third kappa shape index (κ3) is 2.94. The van der Waals surface area contributed by atoms with E-state index in [1.54, 1.807) is 0 Å². The van der Waals surface area contributed by atoms with Crippen molar-refractivity contribution in [3.05, 3.63) is 28.7 Å². The molecule has 3 nitrogen and oxygen atoms in total. The Bertz CT molecular complexity index is 477. The maximum atomic E-state index is 12.1. The average Bonchev–Trinajstić information content (AvgIpc) is 2.33. The second kappa shape index (κ2) is 5.53. The number of carbonyl (C=O) groups excluding carboxylic acids is 1. The van der Waals surface area contributed by atoms with Gasteiger partial charge >= 0.3 is 0 Å². The zero-order chi connectivity index (χ0) is 14.0. The summed E-state index contributed by atoms with van der Waals surface area (Å²) in [5.74, 6) is 0.523. The van der Waals surface area contributed by atoms with Gasteiger partial charge in [0.2, 0.25) is 5.91 Å². The lowest BCUT2D eigenvalue weighted by Crippen LogP contribution is -2.57. The minimum absolute atomic E-state index is 0.244. The fourth-order valence-corrected chi connectivity index (χ4v) is 3.44. The van der Waals surface area contributed by atoms with Crippen LogP contribution in [0.3, 0.4) is 0 Å². The van der Waals surface area contributed by atoms with E-state index in [4.69, 9.17) is 5.73 Å². The van der Waals surface area contributed by atoms with Crippen LogP contribution in [0.15, 0.2) is 28.7 Å². The van der Waals surface area contributed by atoms with Gasteiger partial charge in [-0.1, -0.05) is 42.3 Å². The lowest BCUT2D eigenvalue weighted by molar-refractivity contribution is -0.125. The van der Waals surface area contributed by atoms with Gasteiger partial charge in [0.05, 0.1) is 0 Å². The first-order valence-electron chi connectivity index (χ1n) is 6.77. The second-order valence-corrected chi connectivity index (χ2v) is 6.67. The average molecular weight is 325 g/mol. The largest absolute Gasteiger partial charge is 0.371 e. The maximum absolute atomic E-state index is 12.1. The Morgan fingerprint density at radius 2 is 2.16 bits per heavy atom. The van der Waals surface area contributed by atoms with E-state index in [1.807, 2.05) is 24.3 Å². The number of primary amides is 1. The summed E-state index contributed by atoms with van der Waals surface area (Å²) in [6.45, 7) is 4.30. The Balaban J connectivity index is 2.31. The summed E-state index contributed by atoms with van der Waals surface area (Å²) in [6.07, 6.45) is 3.00. The Kier molecular flexibility index (Phi) is 4.19. The van der Waals surface area contributed by atoms with E-state index in [0.717, 1.165) is 29.4 Å². The van der Waals surface area contributed by atoms with E-state index in [9.17, 15) is 4.79 Å². The summed E-state index contributed by atoms with van der Waals surface area (Å²) < 4.78 is 0.994. The summed E-state index contributed by atoms with van der Waals surface area (Å²) in [7, 11) is 0. The quantitative estimate of drug-likeness (QED) is 0.893. The number of benzene rings is 1. The number of rotatable bonds is 3. The van der Waals surface area contributed by atoms with E-state index in [1.165, 1.54) is 0 Å². The molecule has 0 radical (unpaired) electrons. The topological polar surface area (TPSA) is 55.1 Å². The first-order chi connectivity index (χ1) is 8.94. The van der Waals surface area contributed by atoms with E-state index < -0.39 is 5.54 Å². The molecule has 0 bridgehead atoms. The van der Waals surface area contributed by atoms with Crippen molar-refractivity contribution in [2.45, 2.75) is 38.6 Å². The number of halogens is 1. The lowest BCUT2D eigenvalue weighted by Gasteiger charge is -2.43. The van der Waals surface area contributed by atoms with Crippen LogP contribution >= 0.6 is 15.9 Å². The van der Waals surface area contributed by atoms with Gasteiger partial charge in [0.25, 0.3) is 0 Å². The van der Waals surface area contributed by atoms with Crippen molar-refractivity contribution in [1.82, 2.24) is 0 Å². The molecule has 2 rings (SSSR count). The molecule has 1 aliphatic carbocycles. The van der Waals surface area contributed by atoms with Crippen molar-refractivity contribution in [2.75, 3.05) is 5.32 Å². The van der Waals surface area contributed by atoms with Crippen LogP contribution in [-0.2, 0) is 4.79 Å². The summed E-state index contributed by atoms with van der Waals surface area (Å²) in [6, 6.07) is 7.88. The van der Waals surface area contributed by atoms with E-state index in [-0.39, 0.29) is 11.8 Å². The van der Waals surface area contributed by atoms with Crippen molar-refractivity contribution in [1.29, 1.82) is 0 Å². The Morgan fingerprint density at radius 1 is 1.42 bits per heavy atom. The van der Waals surface area contributed by atoms with Crippen LogP contribution in [0.2, 0.25) is 0 Å². The third-order valence-electron chi connectivity index (χ3n) is 4.24. The van der Waals surface area contributed by atoms with Crippen molar-refractivity contribution >= 4 is 27.5 Å². The molecule has 0 saturated heterocycles. The fourth-order valence-electron chi connectivity index (χ4n) is 3.04. The predicted molar refractivity (Wildman–Crippen MR) is 81.9 cm³/mol. The number of carbonyl (C=O) groups is 1. The fraction of sp³-hybridized carbons (Fsp3) is 0.533. The molecule has 104 valence electrons. The number of anilines is 1. The van der Waals surface area contributed by atoms with Crippen molar-refractivity contribution < 1.29 is 4.79 Å². The van der Waals surface area contributed by atoms with Gasteiger partial charge in [-0.3, -0.25) is 4.79 Å². The van der Waals surface area contributed by atoms with Gasteiger partial charge < -0.3 is 11.1 Å². The zero-order valence-corrected chi connectivity index (χ0v) is 13.0. The van der Waals surface area contributed by atoms with Gasteiger partial charge in [-0.05, 0) is 42.9 Å². The van der Waals surface area contributed by atoms with E-state index >= 15 is 0 Å². The highest BCUT2D eigenvalue weighted by molar-refractivity contribution is 9.10.